The number of aromatic nitrogens is 1. The molecule has 0 saturated heterocycles. The Morgan fingerprint density at radius 3 is 2.67 bits per heavy atom. The molecular weight excluding hydrogens is 186 g/mol. The van der Waals surface area contributed by atoms with Crippen molar-refractivity contribution < 1.29 is 8.78 Å². The first-order chi connectivity index (χ1) is 5.54. The van der Waals surface area contributed by atoms with E-state index in [2.05, 4.69) is 4.98 Å². The van der Waals surface area contributed by atoms with Crippen molar-refractivity contribution in [3.63, 3.8) is 0 Å². The molecule has 0 fully saturated rings. The summed E-state index contributed by atoms with van der Waals surface area (Å²) in [6, 6.07) is 0. The van der Waals surface area contributed by atoms with Gasteiger partial charge in [-0.15, -0.1) is 0 Å². The summed E-state index contributed by atoms with van der Waals surface area (Å²) in [7, 11) is 0. The number of aryl methyl sites for hydroxylation is 1. The van der Waals surface area contributed by atoms with Crippen molar-refractivity contribution >= 4 is 17.3 Å². The van der Waals surface area contributed by atoms with E-state index in [9.17, 15) is 8.78 Å². The van der Waals surface area contributed by atoms with Crippen LogP contribution in [0.4, 0.5) is 14.5 Å². The summed E-state index contributed by atoms with van der Waals surface area (Å²) in [6.07, 6.45) is -1.40. The quantitative estimate of drug-likeness (QED) is 0.743. The van der Waals surface area contributed by atoms with Crippen LogP contribution in [0.2, 0.25) is 5.02 Å². The Balaban J connectivity index is 3.27. The van der Waals surface area contributed by atoms with Crippen LogP contribution in [0.15, 0.2) is 6.20 Å². The fourth-order valence-electron chi connectivity index (χ4n) is 0.756. The Morgan fingerprint density at radius 2 is 2.17 bits per heavy atom. The van der Waals surface area contributed by atoms with Crippen LogP contribution in [0.5, 0.6) is 0 Å². The average molecular weight is 193 g/mol. The molecule has 0 spiro atoms. The maximum absolute atomic E-state index is 12.1. The molecule has 0 bridgehead atoms. The smallest absolute Gasteiger partial charge is 0.281 e. The van der Waals surface area contributed by atoms with E-state index in [1.165, 1.54) is 6.20 Å². The van der Waals surface area contributed by atoms with Crippen molar-refractivity contribution in [1.82, 2.24) is 4.98 Å². The fraction of sp³-hybridized carbons (Fsp3) is 0.286. The predicted molar refractivity (Wildman–Crippen MR) is 43.4 cm³/mol. The van der Waals surface area contributed by atoms with E-state index >= 15 is 0 Å². The van der Waals surface area contributed by atoms with Gasteiger partial charge in [-0.1, -0.05) is 11.6 Å². The molecular formula is C7H7ClF2N2. The number of halogens is 3. The van der Waals surface area contributed by atoms with Crippen LogP contribution in [0.3, 0.4) is 0 Å². The third kappa shape index (κ3) is 1.48. The Hall–Kier alpha value is -0.900. The lowest BCUT2D eigenvalue weighted by atomic mass is 10.2. The Kier molecular flexibility index (Phi) is 2.47. The van der Waals surface area contributed by atoms with Gasteiger partial charge in [0.05, 0.1) is 10.7 Å². The first-order valence-electron chi connectivity index (χ1n) is 3.22. The fourth-order valence-corrected chi connectivity index (χ4v) is 1.04. The monoisotopic (exact) mass is 192 g/mol. The van der Waals surface area contributed by atoms with E-state index in [0.29, 0.717) is 5.56 Å². The number of pyridine rings is 1. The van der Waals surface area contributed by atoms with Crippen molar-refractivity contribution in [2.24, 2.45) is 0 Å². The predicted octanol–water partition coefficient (Wildman–Crippen LogP) is 2.56. The van der Waals surface area contributed by atoms with Gasteiger partial charge in [0.2, 0.25) is 0 Å². The molecule has 0 radical (unpaired) electrons. The minimum Gasteiger partial charge on any atom is -0.397 e. The molecule has 1 heterocycles. The zero-order valence-corrected chi connectivity index (χ0v) is 7.07. The van der Waals surface area contributed by atoms with Crippen molar-refractivity contribution in [2.45, 2.75) is 13.3 Å². The second-order valence-corrected chi connectivity index (χ2v) is 2.73. The van der Waals surface area contributed by atoms with Crippen LogP contribution in [0.1, 0.15) is 17.7 Å². The largest absolute Gasteiger partial charge is 0.397 e. The minimum absolute atomic E-state index is 0.148. The Morgan fingerprint density at radius 1 is 1.58 bits per heavy atom. The second kappa shape index (κ2) is 3.23. The third-order valence-electron chi connectivity index (χ3n) is 1.49. The highest BCUT2D eigenvalue weighted by molar-refractivity contribution is 6.33. The van der Waals surface area contributed by atoms with Crippen molar-refractivity contribution in [1.29, 1.82) is 0 Å². The Bertz CT molecular complexity index is 302. The van der Waals surface area contributed by atoms with Gasteiger partial charge in [-0.25, -0.2) is 8.78 Å². The molecule has 0 aliphatic carbocycles. The third-order valence-corrected chi connectivity index (χ3v) is 1.89. The molecule has 1 aromatic heterocycles. The van der Waals surface area contributed by atoms with Crippen LogP contribution in [-0.2, 0) is 0 Å². The molecule has 0 unspecified atom stereocenters. The summed E-state index contributed by atoms with van der Waals surface area (Å²) in [5, 5.41) is -0.148. The molecule has 0 aliphatic rings. The molecule has 2 N–H and O–H groups in total. The summed E-state index contributed by atoms with van der Waals surface area (Å²) in [5.41, 5.74) is 5.73. The van der Waals surface area contributed by atoms with E-state index in [-0.39, 0.29) is 10.7 Å². The molecule has 0 amide bonds. The molecule has 1 aromatic rings. The number of rotatable bonds is 1. The van der Waals surface area contributed by atoms with Gasteiger partial charge in [-0.2, -0.15) is 0 Å². The summed E-state index contributed by atoms with van der Waals surface area (Å²) in [6.45, 7) is 1.66. The van der Waals surface area contributed by atoms with Crippen LogP contribution < -0.4 is 5.73 Å². The number of alkyl halides is 2. The molecule has 0 atom stereocenters. The number of nitrogen functional groups attached to an aromatic ring is 1. The van der Waals surface area contributed by atoms with Crippen molar-refractivity contribution in [3.8, 4) is 0 Å². The lowest BCUT2D eigenvalue weighted by Gasteiger charge is -2.06. The summed E-state index contributed by atoms with van der Waals surface area (Å²) < 4.78 is 24.3. The van der Waals surface area contributed by atoms with Crippen molar-refractivity contribution in [2.75, 3.05) is 5.73 Å². The lowest BCUT2D eigenvalue weighted by molar-refractivity contribution is 0.146. The number of nitrogens with two attached hydrogens (primary N) is 1. The Labute approximate surface area is 73.4 Å². The van der Waals surface area contributed by atoms with E-state index in [1.54, 1.807) is 6.92 Å². The van der Waals surface area contributed by atoms with Gasteiger partial charge < -0.3 is 5.73 Å². The number of anilines is 1. The van der Waals surface area contributed by atoms with Crippen LogP contribution in [-0.4, -0.2) is 4.98 Å². The molecule has 12 heavy (non-hydrogen) atoms. The minimum atomic E-state index is -2.68. The maximum Gasteiger partial charge on any atom is 0.281 e. The average Bonchev–Trinajstić information content (AvgIpc) is 2.00. The van der Waals surface area contributed by atoms with Gasteiger partial charge in [0.25, 0.3) is 6.43 Å². The molecule has 0 aliphatic heterocycles. The van der Waals surface area contributed by atoms with E-state index in [0.717, 1.165) is 0 Å². The first-order valence-corrected chi connectivity index (χ1v) is 3.60. The van der Waals surface area contributed by atoms with Crippen LogP contribution in [0, 0.1) is 6.92 Å². The normalized spacial score (nSPS) is 10.8. The summed E-state index contributed by atoms with van der Waals surface area (Å²) in [5.74, 6) is 0. The lowest BCUT2D eigenvalue weighted by Crippen LogP contribution is -1.98. The zero-order valence-electron chi connectivity index (χ0n) is 6.31. The first kappa shape index (κ1) is 9.19. The highest BCUT2D eigenvalue weighted by atomic mass is 35.5. The highest BCUT2D eigenvalue weighted by Gasteiger charge is 2.16. The topological polar surface area (TPSA) is 38.9 Å². The van der Waals surface area contributed by atoms with Crippen LogP contribution in [0.25, 0.3) is 0 Å². The van der Waals surface area contributed by atoms with Crippen molar-refractivity contribution in [3.05, 3.63) is 22.5 Å². The standard InChI is InChI=1S/C7H7ClF2N2/c1-3-2-12-6(7(9)10)4(8)5(3)11/h2,7H,1H3,(H2,11,12). The van der Waals surface area contributed by atoms with Gasteiger partial charge in [-0.05, 0) is 12.5 Å². The van der Waals surface area contributed by atoms with E-state index in [4.69, 9.17) is 17.3 Å². The van der Waals surface area contributed by atoms with Gasteiger partial charge in [0.1, 0.15) is 5.69 Å². The molecule has 66 valence electrons. The molecule has 2 nitrogen and oxygen atoms in total. The zero-order chi connectivity index (χ0) is 9.30. The highest BCUT2D eigenvalue weighted by Crippen LogP contribution is 2.30. The number of hydrogen-bond acceptors (Lipinski definition) is 2. The van der Waals surface area contributed by atoms with Gasteiger partial charge in [-0.3, -0.25) is 4.98 Å². The van der Waals surface area contributed by atoms with Gasteiger partial charge in [0.15, 0.2) is 0 Å². The second-order valence-electron chi connectivity index (χ2n) is 2.35. The number of nitrogens with zero attached hydrogens (tertiary/aromatic N) is 1. The van der Waals surface area contributed by atoms with E-state index < -0.39 is 12.1 Å². The number of hydrogen-bond donors (Lipinski definition) is 1. The molecule has 0 aromatic carbocycles. The molecule has 0 saturated carbocycles. The van der Waals surface area contributed by atoms with E-state index in [1.807, 2.05) is 0 Å². The summed E-state index contributed by atoms with van der Waals surface area (Å²) >= 11 is 5.53. The van der Waals surface area contributed by atoms with Gasteiger partial charge >= 0.3 is 0 Å². The molecule has 1 rings (SSSR count). The molecule has 5 heteroatoms. The SMILES string of the molecule is Cc1cnc(C(F)F)c(Cl)c1N. The van der Waals surface area contributed by atoms with Crippen LogP contribution >= 0.6 is 11.6 Å². The van der Waals surface area contributed by atoms with Gasteiger partial charge in [0, 0.05) is 6.20 Å². The maximum atomic E-state index is 12.1. The summed E-state index contributed by atoms with van der Waals surface area (Å²) in [4.78, 5) is 3.48.